The Morgan fingerprint density at radius 1 is 0.333 bits per heavy atom. The second-order valence-electron chi connectivity index (χ2n) is 28.7. The fourth-order valence-corrected chi connectivity index (χ4v) is 12.2. The number of carbonyl (C=O) groups excluding carboxylic acids is 2. The first kappa shape index (κ1) is 90.0. The molecule has 0 heterocycles. The van der Waals surface area contributed by atoms with Crippen molar-refractivity contribution < 1.29 is 42.9 Å². The predicted molar refractivity (Wildman–Crippen MR) is 401 cm³/mol. The van der Waals surface area contributed by atoms with E-state index in [1.54, 1.807) is 0 Å². The molecule has 0 aromatic heterocycles. The summed E-state index contributed by atoms with van der Waals surface area (Å²) in [5.74, 6) is -1.97. The van der Waals surface area contributed by atoms with Gasteiger partial charge in [0, 0.05) is 12.8 Å². The SMILES string of the molecule is CC/C=C\C/C=C\C/C=C\C/C=C\C/C=C\CCCCCCCCCCCCCCCCCCCCCCCCCC(=O)OC(COC(=O)CCCCCCCCCCCCCCCCCCCCCCCCCCCCCCC)COC(OCC[N+](C)(C)C)C(=O)O. The first-order valence-corrected chi connectivity index (χ1v) is 40.5. The Morgan fingerprint density at radius 3 is 0.914 bits per heavy atom. The number of hydrogen-bond acceptors (Lipinski definition) is 7. The number of allylic oxidation sites excluding steroid dienone is 10. The molecule has 0 spiro atoms. The quantitative estimate of drug-likeness (QED) is 0.0211. The van der Waals surface area contributed by atoms with E-state index in [1.165, 1.54) is 302 Å². The van der Waals surface area contributed by atoms with Crippen molar-refractivity contribution in [2.45, 2.75) is 411 Å². The number of aliphatic carboxylic acids is 1. The molecule has 0 saturated carbocycles. The van der Waals surface area contributed by atoms with Crippen LogP contribution >= 0.6 is 0 Å². The number of carboxylic acid groups (broad SMARTS) is 1. The molecule has 544 valence electrons. The fraction of sp³-hybridized carbons (Fsp3) is 0.845. The minimum absolute atomic E-state index is 0.175. The Hall–Kier alpha value is -3.01. The van der Waals surface area contributed by atoms with Crippen molar-refractivity contribution in [1.82, 2.24) is 0 Å². The lowest BCUT2D eigenvalue weighted by Gasteiger charge is -2.25. The average molecular weight is 1310 g/mol. The summed E-state index contributed by atoms with van der Waals surface area (Å²) in [4.78, 5) is 37.7. The number of esters is 2. The lowest BCUT2D eigenvalue weighted by Crippen LogP contribution is -2.40. The Morgan fingerprint density at radius 2 is 0.613 bits per heavy atom. The molecule has 0 rings (SSSR count). The molecular formula is C84H156NO8+. The molecule has 2 atom stereocenters. The van der Waals surface area contributed by atoms with E-state index in [9.17, 15) is 19.5 Å². The Labute approximate surface area is 577 Å². The normalized spacial score (nSPS) is 12.9. The molecule has 0 saturated heterocycles. The molecule has 0 aliphatic heterocycles. The van der Waals surface area contributed by atoms with Crippen LogP contribution < -0.4 is 0 Å². The molecule has 0 radical (unpaired) electrons. The summed E-state index contributed by atoms with van der Waals surface area (Å²) in [5.41, 5.74) is 0. The van der Waals surface area contributed by atoms with Gasteiger partial charge in [0.25, 0.3) is 6.29 Å². The van der Waals surface area contributed by atoms with Crippen LogP contribution in [0.4, 0.5) is 0 Å². The molecule has 9 nitrogen and oxygen atoms in total. The van der Waals surface area contributed by atoms with Crippen molar-refractivity contribution >= 4 is 17.9 Å². The summed E-state index contributed by atoms with van der Waals surface area (Å²) in [5, 5.41) is 9.77. The smallest absolute Gasteiger partial charge is 0.361 e. The highest BCUT2D eigenvalue weighted by molar-refractivity contribution is 5.71. The minimum Gasteiger partial charge on any atom is -0.477 e. The van der Waals surface area contributed by atoms with Crippen LogP contribution in [0, 0.1) is 0 Å². The maximum atomic E-state index is 13.0. The first-order chi connectivity index (χ1) is 45.6. The van der Waals surface area contributed by atoms with Gasteiger partial charge in [-0.25, -0.2) is 4.79 Å². The summed E-state index contributed by atoms with van der Waals surface area (Å²) in [7, 11) is 6.00. The number of unbranched alkanes of at least 4 members (excludes halogenated alkanes) is 51. The van der Waals surface area contributed by atoms with Gasteiger partial charge in [-0.2, -0.15) is 0 Å². The summed E-state index contributed by atoms with van der Waals surface area (Å²) >= 11 is 0. The molecule has 93 heavy (non-hydrogen) atoms. The van der Waals surface area contributed by atoms with Crippen molar-refractivity contribution in [3.8, 4) is 0 Å². The molecule has 0 bridgehead atoms. The minimum atomic E-state index is -1.51. The molecule has 0 aliphatic rings. The zero-order valence-corrected chi connectivity index (χ0v) is 62.4. The zero-order valence-electron chi connectivity index (χ0n) is 62.4. The first-order valence-electron chi connectivity index (χ1n) is 40.5. The Bertz CT molecular complexity index is 1710. The highest BCUT2D eigenvalue weighted by atomic mass is 16.7. The number of nitrogens with zero attached hydrogens (tertiary/aromatic N) is 1. The lowest BCUT2D eigenvalue weighted by molar-refractivity contribution is -0.870. The van der Waals surface area contributed by atoms with Gasteiger partial charge in [0.15, 0.2) is 6.10 Å². The molecule has 0 fully saturated rings. The monoisotopic (exact) mass is 1310 g/mol. The number of hydrogen-bond donors (Lipinski definition) is 1. The molecule has 0 aliphatic carbocycles. The van der Waals surface area contributed by atoms with E-state index >= 15 is 0 Å². The highest BCUT2D eigenvalue weighted by Gasteiger charge is 2.25. The van der Waals surface area contributed by atoms with Crippen LogP contribution in [0.3, 0.4) is 0 Å². The van der Waals surface area contributed by atoms with E-state index in [0.29, 0.717) is 17.4 Å². The van der Waals surface area contributed by atoms with Gasteiger partial charge in [-0.1, -0.05) is 389 Å². The molecule has 1 N–H and O–H groups in total. The maximum absolute atomic E-state index is 13.0. The number of ether oxygens (including phenoxy) is 4. The summed E-state index contributed by atoms with van der Waals surface area (Å²) in [6.45, 7) is 4.84. The molecule has 0 amide bonds. The van der Waals surface area contributed by atoms with Crippen LogP contribution in [-0.2, 0) is 33.3 Å². The second kappa shape index (κ2) is 74.8. The maximum Gasteiger partial charge on any atom is 0.361 e. The lowest BCUT2D eigenvalue weighted by atomic mass is 10.0. The van der Waals surface area contributed by atoms with Gasteiger partial charge >= 0.3 is 17.9 Å². The predicted octanol–water partition coefficient (Wildman–Crippen LogP) is 25.8. The van der Waals surface area contributed by atoms with Gasteiger partial charge in [0.1, 0.15) is 13.2 Å². The van der Waals surface area contributed by atoms with Crippen molar-refractivity contribution in [2.24, 2.45) is 0 Å². The van der Waals surface area contributed by atoms with E-state index in [-0.39, 0.29) is 38.2 Å². The Kier molecular flexibility index (Phi) is 72.4. The van der Waals surface area contributed by atoms with Crippen LogP contribution in [-0.4, -0.2) is 87.4 Å². The molecule has 0 aromatic carbocycles. The Balaban J connectivity index is 3.96. The van der Waals surface area contributed by atoms with Crippen LogP contribution in [0.5, 0.6) is 0 Å². The van der Waals surface area contributed by atoms with Gasteiger partial charge in [0.05, 0.1) is 34.4 Å². The van der Waals surface area contributed by atoms with E-state index in [1.807, 2.05) is 21.1 Å². The van der Waals surface area contributed by atoms with Gasteiger partial charge in [-0.15, -0.1) is 0 Å². The van der Waals surface area contributed by atoms with E-state index < -0.39 is 18.4 Å². The van der Waals surface area contributed by atoms with E-state index in [4.69, 9.17) is 18.9 Å². The average Bonchev–Trinajstić information content (AvgIpc) is 3.38. The van der Waals surface area contributed by atoms with Crippen molar-refractivity contribution in [3.63, 3.8) is 0 Å². The van der Waals surface area contributed by atoms with E-state index in [0.717, 1.165) is 70.6 Å². The summed E-state index contributed by atoms with van der Waals surface area (Å²) in [6.07, 6.45) is 96.7. The van der Waals surface area contributed by atoms with Crippen molar-refractivity contribution in [1.29, 1.82) is 0 Å². The molecule has 9 heteroatoms. The van der Waals surface area contributed by atoms with Crippen LogP contribution in [0.2, 0.25) is 0 Å². The standard InChI is InChI=1S/C84H155NO8/c1-6-8-10-12-14-16-18-20-22-24-26-28-30-32-34-36-37-38-39-40-41-42-43-44-45-47-49-51-53-55-57-59-61-63-65-67-69-71-73-75-82(87)93-80(79-92-84(83(88)89)90-77-76-85(3,4)5)78-91-81(86)74-72-70-68-66-64-62-60-58-56-54-52-50-48-46-35-33-31-29-27-25-23-21-19-17-15-13-11-9-7-2/h8,10,14,16,20,22,26,28,32,34,80,84H,6-7,9,11-13,15,17-19,21,23-25,27,29-31,33,35-79H2,1-5H3/p+1/b10-8-,16-14-,22-20-,28-26-,34-32-. The summed E-state index contributed by atoms with van der Waals surface area (Å²) < 4.78 is 23.1. The van der Waals surface area contributed by atoms with Crippen LogP contribution in [0.15, 0.2) is 60.8 Å². The van der Waals surface area contributed by atoms with Gasteiger partial charge in [-0.3, -0.25) is 9.59 Å². The third kappa shape index (κ3) is 76.2. The van der Waals surface area contributed by atoms with Crippen molar-refractivity contribution in [2.75, 3.05) is 47.5 Å². The van der Waals surface area contributed by atoms with Gasteiger partial charge in [0.2, 0.25) is 0 Å². The third-order valence-electron chi connectivity index (χ3n) is 18.3. The number of likely N-dealkylation sites (N-methyl/N-ethyl adjacent to an activating group) is 1. The number of quaternary nitrogens is 1. The van der Waals surface area contributed by atoms with Gasteiger partial charge in [-0.05, 0) is 57.8 Å². The van der Waals surface area contributed by atoms with Crippen LogP contribution in [0.1, 0.15) is 399 Å². The number of rotatable bonds is 76. The number of carboxylic acids is 1. The second-order valence-corrected chi connectivity index (χ2v) is 28.7. The molecular weight excluding hydrogens is 1150 g/mol. The number of carbonyl (C=O) groups is 3. The van der Waals surface area contributed by atoms with Gasteiger partial charge < -0.3 is 28.5 Å². The van der Waals surface area contributed by atoms with Crippen LogP contribution in [0.25, 0.3) is 0 Å². The topological polar surface area (TPSA) is 108 Å². The summed E-state index contributed by atoms with van der Waals surface area (Å²) in [6, 6.07) is 0. The molecule has 0 aromatic rings. The largest absolute Gasteiger partial charge is 0.477 e. The van der Waals surface area contributed by atoms with E-state index in [2.05, 4.69) is 74.6 Å². The molecule has 2 unspecified atom stereocenters. The zero-order chi connectivity index (χ0) is 67.5. The highest BCUT2D eigenvalue weighted by Crippen LogP contribution is 2.20. The fourth-order valence-electron chi connectivity index (χ4n) is 12.2. The third-order valence-corrected chi connectivity index (χ3v) is 18.3. The van der Waals surface area contributed by atoms with Crippen molar-refractivity contribution in [3.05, 3.63) is 60.8 Å².